The van der Waals surface area contributed by atoms with E-state index in [9.17, 15) is 0 Å². The lowest BCUT2D eigenvalue weighted by Gasteiger charge is -2.10. The van der Waals surface area contributed by atoms with Gasteiger partial charge in [-0.05, 0) is 66.0 Å². The Labute approximate surface area is 226 Å². The normalized spacial score (nSPS) is 11.6. The van der Waals surface area contributed by atoms with Gasteiger partial charge in [-0.3, -0.25) is 0 Å². The molecule has 0 spiro atoms. The molecule has 8 aromatic rings. The first-order valence-corrected chi connectivity index (χ1v) is 13.4. The Bertz CT molecular complexity index is 2100. The fourth-order valence-corrected chi connectivity index (χ4v) is 6.08. The standard InChI is InChI=1S/C37H25N2/c1-2-11-26(12-3-1)37-25-28-13-4-5-14-30(28)34-20-10-19-33(39(34)37)27-21-23-29(24-22-27)38-35-17-8-6-15-31(35)32-16-7-9-18-36(32)38/h1-25H/q+1. The fourth-order valence-electron chi connectivity index (χ4n) is 6.08. The van der Waals surface area contributed by atoms with Crippen LogP contribution in [0.2, 0.25) is 0 Å². The van der Waals surface area contributed by atoms with Gasteiger partial charge in [-0.15, -0.1) is 0 Å². The van der Waals surface area contributed by atoms with E-state index in [2.05, 4.69) is 161 Å². The van der Waals surface area contributed by atoms with E-state index in [1.807, 2.05) is 0 Å². The average molecular weight is 498 g/mol. The molecule has 0 bridgehead atoms. The minimum absolute atomic E-state index is 1.16. The Hall–Kier alpha value is -5.21. The van der Waals surface area contributed by atoms with Gasteiger partial charge in [0.1, 0.15) is 0 Å². The monoisotopic (exact) mass is 497 g/mol. The molecular weight excluding hydrogens is 472 g/mol. The summed E-state index contributed by atoms with van der Waals surface area (Å²) in [5.74, 6) is 0. The second-order valence-corrected chi connectivity index (χ2v) is 10.0. The molecular formula is C37H25N2+. The highest BCUT2D eigenvalue weighted by Crippen LogP contribution is 2.33. The molecule has 0 radical (unpaired) electrons. The molecule has 0 fully saturated rings. The molecule has 5 aromatic carbocycles. The van der Waals surface area contributed by atoms with Gasteiger partial charge >= 0.3 is 0 Å². The van der Waals surface area contributed by atoms with E-state index in [1.165, 1.54) is 60.6 Å². The lowest BCUT2D eigenvalue weighted by Crippen LogP contribution is -2.28. The molecule has 0 atom stereocenters. The quantitative estimate of drug-likeness (QED) is 0.170. The van der Waals surface area contributed by atoms with Crippen LogP contribution >= 0.6 is 0 Å². The van der Waals surface area contributed by atoms with E-state index in [1.54, 1.807) is 0 Å². The number of para-hydroxylation sites is 2. The van der Waals surface area contributed by atoms with Crippen LogP contribution in [0.25, 0.3) is 66.3 Å². The molecule has 8 rings (SSSR count). The van der Waals surface area contributed by atoms with Crippen molar-refractivity contribution in [2.45, 2.75) is 0 Å². The molecule has 3 heterocycles. The van der Waals surface area contributed by atoms with E-state index >= 15 is 0 Å². The number of rotatable bonds is 3. The van der Waals surface area contributed by atoms with Gasteiger partial charge in [0, 0.05) is 45.8 Å². The molecule has 2 heteroatoms. The van der Waals surface area contributed by atoms with Gasteiger partial charge in [-0.25, -0.2) is 0 Å². The van der Waals surface area contributed by atoms with Gasteiger partial charge in [0.25, 0.3) is 0 Å². The Morgan fingerprint density at radius 1 is 0.410 bits per heavy atom. The first-order chi connectivity index (χ1) is 19.4. The van der Waals surface area contributed by atoms with Gasteiger partial charge in [0.15, 0.2) is 0 Å². The number of hydrogen-bond donors (Lipinski definition) is 0. The molecule has 0 N–H and O–H groups in total. The molecule has 0 amide bonds. The average Bonchev–Trinajstić information content (AvgIpc) is 3.35. The number of fused-ring (bicyclic) bond motifs is 6. The smallest absolute Gasteiger partial charge is 0.219 e. The maximum atomic E-state index is 2.41. The second kappa shape index (κ2) is 8.68. The van der Waals surface area contributed by atoms with Gasteiger partial charge in [0.05, 0.1) is 16.4 Å². The predicted octanol–water partition coefficient (Wildman–Crippen LogP) is 9.01. The van der Waals surface area contributed by atoms with Gasteiger partial charge in [-0.1, -0.05) is 72.8 Å². The lowest BCUT2D eigenvalue weighted by atomic mass is 10.0. The first kappa shape index (κ1) is 21.8. The van der Waals surface area contributed by atoms with Crippen LogP contribution in [0.15, 0.2) is 152 Å². The van der Waals surface area contributed by atoms with Crippen LogP contribution in [-0.4, -0.2) is 4.57 Å². The zero-order chi connectivity index (χ0) is 25.8. The predicted molar refractivity (Wildman–Crippen MR) is 162 cm³/mol. The zero-order valence-electron chi connectivity index (χ0n) is 21.3. The molecule has 0 aliphatic carbocycles. The van der Waals surface area contributed by atoms with Crippen molar-refractivity contribution in [3.05, 3.63) is 152 Å². The molecule has 182 valence electrons. The van der Waals surface area contributed by atoms with Crippen molar-refractivity contribution in [2.24, 2.45) is 0 Å². The van der Waals surface area contributed by atoms with Gasteiger partial charge in [-0.2, -0.15) is 4.40 Å². The molecule has 3 aromatic heterocycles. The maximum Gasteiger partial charge on any atom is 0.219 e. The topological polar surface area (TPSA) is 9.03 Å². The summed E-state index contributed by atoms with van der Waals surface area (Å²) in [5.41, 5.74) is 9.56. The minimum atomic E-state index is 1.16. The minimum Gasteiger partial charge on any atom is -0.309 e. The Kier molecular flexibility index (Phi) is 4.86. The second-order valence-electron chi connectivity index (χ2n) is 10.0. The summed E-state index contributed by atoms with van der Waals surface area (Å²) < 4.78 is 4.78. The maximum absolute atomic E-state index is 2.41. The molecule has 0 aliphatic rings. The Balaban J connectivity index is 1.36. The van der Waals surface area contributed by atoms with Crippen LogP contribution < -0.4 is 4.40 Å². The molecule has 0 saturated carbocycles. The lowest BCUT2D eigenvalue weighted by molar-refractivity contribution is -0.485. The molecule has 0 aliphatic heterocycles. The summed E-state index contributed by atoms with van der Waals surface area (Å²) in [6, 6.07) is 54.6. The third-order valence-corrected chi connectivity index (χ3v) is 7.83. The number of benzene rings is 5. The van der Waals surface area contributed by atoms with Gasteiger partial charge < -0.3 is 4.57 Å². The summed E-state index contributed by atoms with van der Waals surface area (Å²) in [7, 11) is 0. The summed E-state index contributed by atoms with van der Waals surface area (Å²) in [6.07, 6.45) is 0. The van der Waals surface area contributed by atoms with Crippen LogP contribution in [0.3, 0.4) is 0 Å². The highest BCUT2D eigenvalue weighted by Gasteiger charge is 2.22. The molecule has 2 nitrogen and oxygen atoms in total. The first-order valence-electron chi connectivity index (χ1n) is 13.4. The molecule has 39 heavy (non-hydrogen) atoms. The van der Waals surface area contributed by atoms with Crippen molar-refractivity contribution in [1.29, 1.82) is 0 Å². The summed E-state index contributed by atoms with van der Waals surface area (Å²) in [6.45, 7) is 0. The Morgan fingerprint density at radius 2 is 1.00 bits per heavy atom. The van der Waals surface area contributed by atoms with Crippen LogP contribution in [0, 0.1) is 0 Å². The third kappa shape index (κ3) is 3.39. The summed E-state index contributed by atoms with van der Waals surface area (Å²) in [4.78, 5) is 0. The zero-order valence-corrected chi connectivity index (χ0v) is 21.3. The number of hydrogen-bond acceptors (Lipinski definition) is 0. The van der Waals surface area contributed by atoms with Crippen molar-refractivity contribution < 1.29 is 4.40 Å². The van der Waals surface area contributed by atoms with Crippen molar-refractivity contribution in [1.82, 2.24) is 4.57 Å². The van der Waals surface area contributed by atoms with Gasteiger partial charge in [0.2, 0.25) is 16.9 Å². The summed E-state index contributed by atoms with van der Waals surface area (Å²) >= 11 is 0. The number of aromatic nitrogens is 2. The van der Waals surface area contributed by atoms with Crippen molar-refractivity contribution in [3.63, 3.8) is 0 Å². The highest BCUT2D eigenvalue weighted by molar-refractivity contribution is 6.09. The SMILES string of the molecule is c1ccc(-c2cc3ccccc3c3cccc(-c4ccc(-n5c6ccccc6c6ccccc65)cc4)[n+]23)cc1. The van der Waals surface area contributed by atoms with Crippen molar-refractivity contribution >= 4 is 38.1 Å². The Morgan fingerprint density at radius 3 is 1.72 bits per heavy atom. The van der Waals surface area contributed by atoms with Crippen LogP contribution in [0.1, 0.15) is 0 Å². The van der Waals surface area contributed by atoms with E-state index < -0.39 is 0 Å². The molecule has 0 saturated heterocycles. The van der Waals surface area contributed by atoms with E-state index in [-0.39, 0.29) is 0 Å². The number of pyridine rings is 2. The van der Waals surface area contributed by atoms with E-state index in [4.69, 9.17) is 0 Å². The fraction of sp³-hybridized carbons (Fsp3) is 0. The molecule has 0 unspecified atom stereocenters. The van der Waals surface area contributed by atoms with Crippen molar-refractivity contribution in [3.8, 4) is 28.2 Å². The van der Waals surface area contributed by atoms with E-state index in [0.717, 1.165) is 5.69 Å². The van der Waals surface area contributed by atoms with Crippen LogP contribution in [0.4, 0.5) is 0 Å². The largest absolute Gasteiger partial charge is 0.309 e. The van der Waals surface area contributed by atoms with Crippen LogP contribution in [-0.2, 0) is 0 Å². The highest BCUT2D eigenvalue weighted by atomic mass is 15.0. The number of nitrogens with zero attached hydrogens (tertiary/aromatic N) is 2. The van der Waals surface area contributed by atoms with E-state index in [0.29, 0.717) is 0 Å². The van der Waals surface area contributed by atoms with Crippen LogP contribution in [0.5, 0.6) is 0 Å². The van der Waals surface area contributed by atoms with Crippen molar-refractivity contribution in [2.75, 3.05) is 0 Å². The summed E-state index contributed by atoms with van der Waals surface area (Å²) in [5, 5.41) is 5.05. The third-order valence-electron chi connectivity index (χ3n) is 7.83.